The molecule has 1 saturated heterocycles. The number of benzene rings is 2. The van der Waals surface area contributed by atoms with Crippen LogP contribution in [-0.4, -0.2) is 56.3 Å². The number of carbonyl (C=O) groups is 1. The first-order valence-electron chi connectivity index (χ1n) is 9.65. The van der Waals surface area contributed by atoms with E-state index in [9.17, 15) is 17.6 Å². The van der Waals surface area contributed by atoms with Crippen molar-refractivity contribution in [3.63, 3.8) is 0 Å². The molecule has 8 heteroatoms. The summed E-state index contributed by atoms with van der Waals surface area (Å²) in [5.41, 5.74) is 1.11. The number of rotatable bonds is 7. The van der Waals surface area contributed by atoms with E-state index in [0.717, 1.165) is 18.4 Å². The van der Waals surface area contributed by atoms with Crippen molar-refractivity contribution < 1.29 is 22.3 Å². The van der Waals surface area contributed by atoms with E-state index in [0.29, 0.717) is 13.1 Å². The molecule has 0 aliphatic carbocycles. The molecular formula is C21H25FN2O4S. The molecule has 0 spiro atoms. The minimum Gasteiger partial charge on any atom is -0.484 e. The number of ether oxygens (including phenoxy) is 1. The number of halogens is 1. The van der Waals surface area contributed by atoms with Crippen molar-refractivity contribution in [2.45, 2.75) is 24.7 Å². The van der Waals surface area contributed by atoms with Gasteiger partial charge in [-0.2, -0.15) is 4.31 Å². The van der Waals surface area contributed by atoms with E-state index >= 15 is 0 Å². The summed E-state index contributed by atoms with van der Waals surface area (Å²) in [6, 6.07) is 12.6. The molecule has 1 amide bonds. The van der Waals surface area contributed by atoms with Gasteiger partial charge in [0.2, 0.25) is 10.0 Å². The molecule has 1 aliphatic heterocycles. The van der Waals surface area contributed by atoms with E-state index in [1.807, 2.05) is 12.1 Å². The van der Waals surface area contributed by atoms with Crippen molar-refractivity contribution in [2.24, 2.45) is 0 Å². The van der Waals surface area contributed by atoms with Gasteiger partial charge < -0.3 is 9.64 Å². The standard InChI is InChI=1S/C21H25FN2O4S/c1-2-4-17-7-9-20(10-8-17)29(26,27)24-13-11-23(12-14-24)21(25)16-28-19-6-3-5-18(22)15-19/h3,5-10,15H,2,4,11-14,16H2,1H3. The van der Waals surface area contributed by atoms with Crippen LogP contribution in [0.5, 0.6) is 5.75 Å². The molecule has 0 unspecified atom stereocenters. The molecule has 0 N–H and O–H groups in total. The molecule has 1 heterocycles. The number of sulfonamides is 1. The minimum absolute atomic E-state index is 0.213. The maximum Gasteiger partial charge on any atom is 0.260 e. The molecule has 2 aromatic rings. The van der Waals surface area contributed by atoms with Gasteiger partial charge in [-0.05, 0) is 36.2 Å². The molecule has 156 valence electrons. The summed E-state index contributed by atoms with van der Waals surface area (Å²) in [4.78, 5) is 14.2. The zero-order valence-electron chi connectivity index (χ0n) is 16.4. The third-order valence-electron chi connectivity index (χ3n) is 4.85. The van der Waals surface area contributed by atoms with Gasteiger partial charge in [0.25, 0.3) is 5.91 Å². The lowest BCUT2D eigenvalue weighted by atomic mass is 10.1. The third kappa shape index (κ3) is 5.33. The highest BCUT2D eigenvalue weighted by Gasteiger charge is 2.30. The average Bonchev–Trinajstić information content (AvgIpc) is 2.73. The number of hydrogen-bond acceptors (Lipinski definition) is 4. The Hall–Kier alpha value is -2.45. The SMILES string of the molecule is CCCc1ccc(S(=O)(=O)N2CCN(C(=O)COc3cccc(F)c3)CC2)cc1. The van der Waals surface area contributed by atoms with E-state index in [1.54, 1.807) is 23.1 Å². The van der Waals surface area contributed by atoms with Crippen LogP contribution in [0, 0.1) is 5.82 Å². The molecule has 6 nitrogen and oxygen atoms in total. The van der Waals surface area contributed by atoms with E-state index in [-0.39, 0.29) is 36.2 Å². The highest BCUT2D eigenvalue weighted by molar-refractivity contribution is 7.89. The van der Waals surface area contributed by atoms with Gasteiger partial charge >= 0.3 is 0 Å². The number of hydrogen-bond donors (Lipinski definition) is 0. The van der Waals surface area contributed by atoms with Crippen LogP contribution in [0.3, 0.4) is 0 Å². The predicted molar refractivity (Wildman–Crippen MR) is 108 cm³/mol. The summed E-state index contributed by atoms with van der Waals surface area (Å²) in [6.07, 6.45) is 1.92. The first-order valence-corrected chi connectivity index (χ1v) is 11.1. The second-order valence-electron chi connectivity index (χ2n) is 6.92. The van der Waals surface area contributed by atoms with Crippen LogP contribution >= 0.6 is 0 Å². The summed E-state index contributed by atoms with van der Waals surface area (Å²) in [7, 11) is -3.58. The number of amides is 1. The van der Waals surface area contributed by atoms with Gasteiger partial charge in [0.05, 0.1) is 4.90 Å². The molecular weight excluding hydrogens is 395 g/mol. The van der Waals surface area contributed by atoms with Gasteiger partial charge in [-0.15, -0.1) is 0 Å². The third-order valence-corrected chi connectivity index (χ3v) is 6.76. The van der Waals surface area contributed by atoms with Gasteiger partial charge in [0, 0.05) is 32.2 Å². The topological polar surface area (TPSA) is 66.9 Å². The Morgan fingerprint density at radius 2 is 1.76 bits per heavy atom. The molecule has 0 aromatic heterocycles. The monoisotopic (exact) mass is 420 g/mol. The van der Waals surface area contributed by atoms with E-state index < -0.39 is 15.8 Å². The fraction of sp³-hybridized carbons (Fsp3) is 0.381. The first-order chi connectivity index (χ1) is 13.9. The Bertz CT molecular complexity index is 939. The molecule has 29 heavy (non-hydrogen) atoms. The number of piperazine rings is 1. The second kappa shape index (κ2) is 9.37. The van der Waals surface area contributed by atoms with Gasteiger partial charge in [-0.1, -0.05) is 31.5 Å². The minimum atomic E-state index is -3.58. The van der Waals surface area contributed by atoms with Gasteiger partial charge in [-0.3, -0.25) is 4.79 Å². The molecule has 0 atom stereocenters. The molecule has 0 bridgehead atoms. The lowest BCUT2D eigenvalue weighted by Crippen LogP contribution is -2.51. The van der Waals surface area contributed by atoms with Crippen LogP contribution in [0.25, 0.3) is 0 Å². The van der Waals surface area contributed by atoms with Crippen molar-refractivity contribution in [1.82, 2.24) is 9.21 Å². The zero-order valence-corrected chi connectivity index (χ0v) is 17.2. The molecule has 1 fully saturated rings. The van der Waals surface area contributed by atoms with Crippen molar-refractivity contribution in [2.75, 3.05) is 32.8 Å². The maximum absolute atomic E-state index is 13.2. The first kappa shape index (κ1) is 21.3. The fourth-order valence-corrected chi connectivity index (χ4v) is 4.66. The average molecular weight is 421 g/mol. The predicted octanol–water partition coefficient (Wildman–Crippen LogP) is 2.69. The molecule has 1 aliphatic rings. The largest absolute Gasteiger partial charge is 0.484 e. The quantitative estimate of drug-likeness (QED) is 0.691. The lowest BCUT2D eigenvalue weighted by molar-refractivity contribution is -0.134. The highest BCUT2D eigenvalue weighted by atomic mass is 32.2. The van der Waals surface area contributed by atoms with Crippen LogP contribution in [0.15, 0.2) is 53.4 Å². The van der Waals surface area contributed by atoms with E-state index in [4.69, 9.17) is 4.74 Å². The van der Waals surface area contributed by atoms with Crippen LogP contribution in [0.1, 0.15) is 18.9 Å². The van der Waals surface area contributed by atoms with Crippen molar-refractivity contribution in [3.05, 3.63) is 59.9 Å². The number of carbonyl (C=O) groups excluding carboxylic acids is 1. The molecule has 2 aromatic carbocycles. The second-order valence-corrected chi connectivity index (χ2v) is 8.86. The summed E-state index contributed by atoms with van der Waals surface area (Å²) in [6.45, 7) is 2.90. The van der Waals surface area contributed by atoms with Crippen molar-refractivity contribution >= 4 is 15.9 Å². The zero-order chi connectivity index (χ0) is 20.9. The summed E-state index contributed by atoms with van der Waals surface area (Å²) in [5, 5.41) is 0. The van der Waals surface area contributed by atoms with Crippen molar-refractivity contribution in [1.29, 1.82) is 0 Å². The van der Waals surface area contributed by atoms with Crippen LogP contribution in [0.2, 0.25) is 0 Å². The number of aryl methyl sites for hydroxylation is 1. The summed E-state index contributed by atoms with van der Waals surface area (Å²) < 4.78 is 45.6. The van der Waals surface area contributed by atoms with Gasteiger partial charge in [-0.25, -0.2) is 12.8 Å². The van der Waals surface area contributed by atoms with Crippen LogP contribution in [0.4, 0.5) is 4.39 Å². The Balaban J connectivity index is 1.54. The van der Waals surface area contributed by atoms with E-state index in [1.165, 1.54) is 22.5 Å². The normalized spacial score (nSPS) is 15.3. The smallest absolute Gasteiger partial charge is 0.260 e. The number of nitrogens with zero attached hydrogens (tertiary/aromatic N) is 2. The maximum atomic E-state index is 13.2. The fourth-order valence-electron chi connectivity index (χ4n) is 3.24. The van der Waals surface area contributed by atoms with Crippen molar-refractivity contribution in [3.8, 4) is 5.75 Å². The summed E-state index contributed by atoms with van der Waals surface area (Å²) in [5.74, 6) is -0.405. The summed E-state index contributed by atoms with van der Waals surface area (Å²) >= 11 is 0. The lowest BCUT2D eigenvalue weighted by Gasteiger charge is -2.34. The highest BCUT2D eigenvalue weighted by Crippen LogP contribution is 2.19. The Kier molecular flexibility index (Phi) is 6.87. The Labute approximate surface area is 170 Å². The molecule has 3 rings (SSSR count). The molecule has 0 saturated carbocycles. The van der Waals surface area contributed by atoms with Gasteiger partial charge in [0.15, 0.2) is 6.61 Å². The molecule has 0 radical (unpaired) electrons. The van der Waals surface area contributed by atoms with Crippen LogP contribution in [-0.2, 0) is 21.2 Å². The Morgan fingerprint density at radius 1 is 1.07 bits per heavy atom. The van der Waals surface area contributed by atoms with E-state index in [2.05, 4.69) is 6.92 Å². The van der Waals surface area contributed by atoms with Crippen LogP contribution < -0.4 is 4.74 Å². The van der Waals surface area contributed by atoms with Gasteiger partial charge in [0.1, 0.15) is 11.6 Å². The Morgan fingerprint density at radius 3 is 2.38 bits per heavy atom.